The first-order valence-electron chi connectivity index (χ1n) is 4.99. The molecular formula is C11H13N3O3. The van der Waals surface area contributed by atoms with Crippen molar-refractivity contribution in [3.63, 3.8) is 0 Å². The first kappa shape index (κ1) is 13.0. The SMILES string of the molecule is N#Cc1cccc(NC(=O)NCC(O)CO)c1. The fraction of sp³-hybridized carbons (Fsp3) is 0.273. The molecule has 0 bridgehead atoms. The van der Waals surface area contributed by atoms with Gasteiger partial charge in [0.1, 0.15) is 0 Å². The van der Waals surface area contributed by atoms with Crippen LogP contribution in [0.4, 0.5) is 10.5 Å². The Balaban J connectivity index is 2.48. The second kappa shape index (κ2) is 6.48. The Bertz CT molecular complexity index is 428. The van der Waals surface area contributed by atoms with Gasteiger partial charge in [-0.05, 0) is 18.2 Å². The average Bonchev–Trinajstić information content (AvgIpc) is 2.36. The van der Waals surface area contributed by atoms with Gasteiger partial charge >= 0.3 is 6.03 Å². The summed E-state index contributed by atoms with van der Waals surface area (Å²) in [4.78, 5) is 11.3. The van der Waals surface area contributed by atoms with E-state index in [1.807, 2.05) is 6.07 Å². The van der Waals surface area contributed by atoms with Crippen LogP contribution in [0.2, 0.25) is 0 Å². The molecule has 1 atom stereocenters. The summed E-state index contributed by atoms with van der Waals surface area (Å²) >= 11 is 0. The maximum absolute atomic E-state index is 11.3. The lowest BCUT2D eigenvalue weighted by Crippen LogP contribution is -2.36. The highest BCUT2D eigenvalue weighted by molar-refractivity contribution is 5.89. The highest BCUT2D eigenvalue weighted by Crippen LogP contribution is 2.09. The summed E-state index contributed by atoms with van der Waals surface area (Å²) in [6, 6.07) is 7.89. The first-order chi connectivity index (χ1) is 8.15. The molecule has 2 amide bonds. The number of aliphatic hydroxyl groups is 2. The molecule has 1 rings (SSSR count). The molecule has 17 heavy (non-hydrogen) atoms. The molecule has 1 unspecified atom stereocenters. The molecule has 90 valence electrons. The van der Waals surface area contributed by atoms with E-state index in [9.17, 15) is 4.79 Å². The zero-order valence-corrected chi connectivity index (χ0v) is 9.05. The van der Waals surface area contributed by atoms with Gasteiger partial charge in [-0.15, -0.1) is 0 Å². The fourth-order valence-electron chi connectivity index (χ4n) is 1.12. The molecule has 4 N–H and O–H groups in total. The molecule has 0 saturated carbocycles. The van der Waals surface area contributed by atoms with Crippen molar-refractivity contribution in [1.29, 1.82) is 5.26 Å². The van der Waals surface area contributed by atoms with Gasteiger partial charge in [-0.3, -0.25) is 0 Å². The number of anilines is 1. The van der Waals surface area contributed by atoms with Crippen LogP contribution in [-0.2, 0) is 0 Å². The third-order valence-corrected chi connectivity index (χ3v) is 1.96. The third kappa shape index (κ3) is 4.51. The van der Waals surface area contributed by atoms with Crippen molar-refractivity contribution in [3.8, 4) is 6.07 Å². The molecule has 1 aromatic carbocycles. The van der Waals surface area contributed by atoms with E-state index in [0.717, 1.165) is 0 Å². The monoisotopic (exact) mass is 235 g/mol. The second-order valence-electron chi connectivity index (χ2n) is 3.36. The number of hydrogen-bond donors (Lipinski definition) is 4. The molecule has 0 aliphatic heterocycles. The molecular weight excluding hydrogens is 222 g/mol. The van der Waals surface area contributed by atoms with Gasteiger partial charge in [-0.1, -0.05) is 6.07 Å². The van der Waals surface area contributed by atoms with Crippen molar-refractivity contribution in [2.24, 2.45) is 0 Å². The minimum atomic E-state index is -0.980. The van der Waals surface area contributed by atoms with E-state index in [1.54, 1.807) is 18.2 Å². The molecule has 0 fully saturated rings. The van der Waals surface area contributed by atoms with Crippen molar-refractivity contribution in [2.45, 2.75) is 6.10 Å². The lowest BCUT2D eigenvalue weighted by atomic mass is 10.2. The molecule has 0 aliphatic carbocycles. The van der Waals surface area contributed by atoms with Gasteiger partial charge in [0.05, 0.1) is 24.3 Å². The van der Waals surface area contributed by atoms with Crippen molar-refractivity contribution < 1.29 is 15.0 Å². The molecule has 0 aliphatic rings. The van der Waals surface area contributed by atoms with Crippen molar-refractivity contribution in [2.75, 3.05) is 18.5 Å². The molecule has 0 aromatic heterocycles. The predicted molar refractivity (Wildman–Crippen MR) is 61.3 cm³/mol. The summed E-state index contributed by atoms with van der Waals surface area (Å²) < 4.78 is 0. The number of nitrogens with zero attached hydrogens (tertiary/aromatic N) is 1. The van der Waals surface area contributed by atoms with Crippen LogP contribution in [-0.4, -0.2) is 35.5 Å². The quantitative estimate of drug-likeness (QED) is 0.591. The van der Waals surface area contributed by atoms with E-state index in [0.29, 0.717) is 11.3 Å². The molecule has 0 spiro atoms. The smallest absolute Gasteiger partial charge is 0.319 e. The zero-order valence-electron chi connectivity index (χ0n) is 9.05. The predicted octanol–water partition coefficient (Wildman–Crippen LogP) is 0.0330. The average molecular weight is 235 g/mol. The van der Waals surface area contributed by atoms with Crippen LogP contribution in [0.15, 0.2) is 24.3 Å². The van der Waals surface area contributed by atoms with Crippen molar-refractivity contribution in [1.82, 2.24) is 5.32 Å². The van der Waals surface area contributed by atoms with Crippen LogP contribution in [0.5, 0.6) is 0 Å². The van der Waals surface area contributed by atoms with Gasteiger partial charge in [0.25, 0.3) is 0 Å². The van der Waals surface area contributed by atoms with Gasteiger partial charge in [-0.2, -0.15) is 5.26 Å². The number of urea groups is 1. The van der Waals surface area contributed by atoms with Crippen LogP contribution in [0, 0.1) is 11.3 Å². The molecule has 1 aromatic rings. The summed E-state index contributed by atoms with van der Waals surface area (Å²) in [5, 5.41) is 31.1. The molecule has 6 nitrogen and oxygen atoms in total. The molecule has 6 heteroatoms. The molecule has 0 radical (unpaired) electrons. The van der Waals surface area contributed by atoms with Gasteiger partial charge in [0.2, 0.25) is 0 Å². The Hall–Kier alpha value is -2.10. The summed E-state index contributed by atoms with van der Waals surface area (Å²) in [6.07, 6.45) is -0.980. The summed E-state index contributed by atoms with van der Waals surface area (Å²) in [5.74, 6) is 0. The van der Waals surface area contributed by atoms with Crippen LogP contribution in [0.3, 0.4) is 0 Å². The molecule has 0 heterocycles. The van der Waals surface area contributed by atoms with E-state index in [4.69, 9.17) is 15.5 Å². The van der Waals surface area contributed by atoms with Gasteiger partial charge in [0, 0.05) is 12.2 Å². The third-order valence-electron chi connectivity index (χ3n) is 1.96. The topological polar surface area (TPSA) is 105 Å². The Morgan fingerprint density at radius 3 is 2.94 bits per heavy atom. The Morgan fingerprint density at radius 2 is 2.29 bits per heavy atom. The highest BCUT2D eigenvalue weighted by atomic mass is 16.3. The number of nitrogens with one attached hydrogen (secondary N) is 2. The van der Waals surface area contributed by atoms with Gasteiger partial charge in [-0.25, -0.2) is 4.79 Å². The van der Waals surface area contributed by atoms with E-state index < -0.39 is 18.7 Å². The van der Waals surface area contributed by atoms with E-state index >= 15 is 0 Å². The zero-order chi connectivity index (χ0) is 12.7. The summed E-state index contributed by atoms with van der Waals surface area (Å²) in [6.45, 7) is -0.454. The first-order valence-corrected chi connectivity index (χ1v) is 4.99. The van der Waals surface area contributed by atoms with E-state index in [-0.39, 0.29) is 6.54 Å². The van der Waals surface area contributed by atoms with Crippen LogP contribution >= 0.6 is 0 Å². The number of rotatable bonds is 4. The minimum Gasteiger partial charge on any atom is -0.394 e. The van der Waals surface area contributed by atoms with Gasteiger partial charge in [0.15, 0.2) is 0 Å². The highest BCUT2D eigenvalue weighted by Gasteiger charge is 2.05. The van der Waals surface area contributed by atoms with E-state index in [2.05, 4.69) is 10.6 Å². The number of hydrogen-bond acceptors (Lipinski definition) is 4. The minimum absolute atomic E-state index is 0.0414. The van der Waals surface area contributed by atoms with E-state index in [1.165, 1.54) is 6.07 Å². The second-order valence-corrected chi connectivity index (χ2v) is 3.36. The number of amides is 2. The maximum atomic E-state index is 11.3. The lowest BCUT2D eigenvalue weighted by molar-refractivity contribution is 0.0965. The molecule has 0 saturated heterocycles. The summed E-state index contributed by atoms with van der Waals surface area (Å²) in [7, 11) is 0. The Morgan fingerprint density at radius 1 is 1.53 bits per heavy atom. The van der Waals surface area contributed by atoms with Crippen LogP contribution in [0.1, 0.15) is 5.56 Å². The normalized spacial score (nSPS) is 11.4. The number of carbonyl (C=O) groups is 1. The number of carbonyl (C=O) groups excluding carboxylic acids is 1. The summed E-state index contributed by atoms with van der Waals surface area (Å²) in [5.41, 5.74) is 0.929. The number of benzene rings is 1. The van der Waals surface area contributed by atoms with Crippen molar-refractivity contribution >= 4 is 11.7 Å². The standard InChI is InChI=1S/C11H13N3O3/c12-5-8-2-1-3-9(4-8)14-11(17)13-6-10(16)7-15/h1-4,10,15-16H,6-7H2,(H2,13,14,17). The Labute approximate surface area is 98.5 Å². The fourth-order valence-corrected chi connectivity index (χ4v) is 1.12. The lowest BCUT2D eigenvalue weighted by Gasteiger charge is -2.10. The Kier molecular flexibility index (Phi) is 4.94. The van der Waals surface area contributed by atoms with Crippen LogP contribution in [0.25, 0.3) is 0 Å². The van der Waals surface area contributed by atoms with Crippen LogP contribution < -0.4 is 10.6 Å². The number of aliphatic hydroxyl groups excluding tert-OH is 2. The largest absolute Gasteiger partial charge is 0.394 e. The van der Waals surface area contributed by atoms with Gasteiger partial charge < -0.3 is 20.8 Å². The maximum Gasteiger partial charge on any atom is 0.319 e. The van der Waals surface area contributed by atoms with Crippen molar-refractivity contribution in [3.05, 3.63) is 29.8 Å². The number of nitriles is 1.